The highest BCUT2D eigenvalue weighted by molar-refractivity contribution is 5.61. The van der Waals surface area contributed by atoms with Crippen molar-refractivity contribution in [3.63, 3.8) is 0 Å². The van der Waals surface area contributed by atoms with Gasteiger partial charge in [-0.1, -0.05) is 24.3 Å². The smallest absolute Gasteiger partial charge is 0.273 e. The van der Waals surface area contributed by atoms with E-state index >= 15 is 0 Å². The van der Waals surface area contributed by atoms with Gasteiger partial charge in [0.2, 0.25) is 0 Å². The highest BCUT2D eigenvalue weighted by atomic mass is 16.6. The molecule has 5 heteroatoms. The van der Waals surface area contributed by atoms with Crippen LogP contribution in [-0.4, -0.2) is 11.5 Å². The lowest BCUT2D eigenvalue weighted by molar-refractivity contribution is -0.384. The number of nitro groups is 1. The quantitative estimate of drug-likeness (QED) is 0.508. The first-order valence-electron chi connectivity index (χ1n) is 6.50. The molecule has 1 aliphatic rings. The van der Waals surface area contributed by atoms with E-state index in [4.69, 9.17) is 5.73 Å². The van der Waals surface area contributed by atoms with Gasteiger partial charge in [-0.05, 0) is 23.6 Å². The van der Waals surface area contributed by atoms with Crippen LogP contribution < -0.4 is 11.1 Å². The van der Waals surface area contributed by atoms with Crippen LogP contribution in [0.3, 0.4) is 0 Å². The van der Waals surface area contributed by atoms with Gasteiger partial charge in [-0.2, -0.15) is 0 Å². The molecule has 3 rings (SSSR count). The van der Waals surface area contributed by atoms with Crippen LogP contribution in [0.2, 0.25) is 0 Å². The number of hydrogen-bond donors (Lipinski definition) is 2. The van der Waals surface area contributed by atoms with Crippen molar-refractivity contribution in [1.29, 1.82) is 0 Å². The van der Waals surface area contributed by atoms with Crippen LogP contribution in [0.1, 0.15) is 17.0 Å². The zero-order valence-electron chi connectivity index (χ0n) is 10.9. The summed E-state index contributed by atoms with van der Waals surface area (Å²) in [7, 11) is 0. The van der Waals surface area contributed by atoms with E-state index in [0.717, 1.165) is 13.0 Å². The molecule has 0 saturated heterocycles. The SMILES string of the molecule is Nc1cc(NCC2Cc3ccccc32)cc([N+](=O)[O-])c1. The molecule has 0 radical (unpaired) electrons. The highest BCUT2D eigenvalue weighted by Gasteiger charge is 2.24. The van der Waals surface area contributed by atoms with Gasteiger partial charge in [-0.25, -0.2) is 0 Å². The third-order valence-electron chi connectivity index (χ3n) is 3.66. The number of fused-ring (bicyclic) bond motifs is 1. The second-order valence-electron chi connectivity index (χ2n) is 5.05. The van der Waals surface area contributed by atoms with Crippen molar-refractivity contribution in [2.24, 2.45) is 0 Å². The molecule has 0 saturated carbocycles. The van der Waals surface area contributed by atoms with Crippen LogP contribution in [0, 0.1) is 10.1 Å². The molecule has 2 aromatic rings. The molecule has 3 N–H and O–H groups in total. The highest BCUT2D eigenvalue weighted by Crippen LogP contribution is 2.35. The van der Waals surface area contributed by atoms with Crippen LogP contribution in [-0.2, 0) is 6.42 Å². The normalized spacial score (nSPS) is 16.1. The maximum Gasteiger partial charge on any atom is 0.273 e. The first-order chi connectivity index (χ1) is 9.63. The van der Waals surface area contributed by atoms with Gasteiger partial charge >= 0.3 is 0 Å². The molecule has 2 aromatic carbocycles. The average Bonchev–Trinajstić information content (AvgIpc) is 2.39. The Morgan fingerprint density at radius 3 is 2.85 bits per heavy atom. The number of nitrogens with two attached hydrogens (primary N) is 1. The Morgan fingerprint density at radius 2 is 2.10 bits per heavy atom. The molecule has 1 aliphatic carbocycles. The van der Waals surface area contributed by atoms with E-state index in [1.54, 1.807) is 6.07 Å². The average molecular weight is 269 g/mol. The van der Waals surface area contributed by atoms with Crippen LogP contribution in [0.25, 0.3) is 0 Å². The topological polar surface area (TPSA) is 81.2 Å². The molecule has 20 heavy (non-hydrogen) atoms. The summed E-state index contributed by atoms with van der Waals surface area (Å²) < 4.78 is 0. The fraction of sp³-hybridized carbons (Fsp3) is 0.200. The number of nitrogen functional groups attached to an aromatic ring is 1. The molecule has 0 aromatic heterocycles. The fourth-order valence-corrected chi connectivity index (χ4v) is 2.63. The first kappa shape index (κ1) is 12.5. The molecule has 1 atom stereocenters. The zero-order chi connectivity index (χ0) is 14.1. The number of benzene rings is 2. The standard InChI is InChI=1S/C15H15N3O2/c16-12-6-13(8-14(7-12)18(19)20)17-9-11-5-10-3-1-2-4-15(10)11/h1-4,6-8,11,17H,5,9,16H2. The minimum Gasteiger partial charge on any atom is -0.398 e. The minimum atomic E-state index is -0.430. The summed E-state index contributed by atoms with van der Waals surface area (Å²) in [5.74, 6) is 0.465. The predicted octanol–water partition coefficient (Wildman–Crippen LogP) is 2.93. The monoisotopic (exact) mass is 269 g/mol. The lowest BCUT2D eigenvalue weighted by Gasteiger charge is -2.30. The van der Waals surface area contributed by atoms with Gasteiger partial charge in [0.15, 0.2) is 0 Å². The van der Waals surface area contributed by atoms with Crippen molar-refractivity contribution >= 4 is 17.1 Å². The van der Waals surface area contributed by atoms with Gasteiger partial charge in [0.25, 0.3) is 5.69 Å². The predicted molar refractivity (Wildman–Crippen MR) is 78.9 cm³/mol. The molecular weight excluding hydrogens is 254 g/mol. The van der Waals surface area contributed by atoms with Gasteiger partial charge in [0.05, 0.1) is 4.92 Å². The van der Waals surface area contributed by atoms with Crippen molar-refractivity contribution < 1.29 is 4.92 Å². The molecule has 0 fully saturated rings. The van der Waals surface area contributed by atoms with Crippen LogP contribution in [0.4, 0.5) is 17.1 Å². The number of nitrogens with one attached hydrogen (secondary N) is 1. The minimum absolute atomic E-state index is 0.0153. The lowest BCUT2D eigenvalue weighted by Crippen LogP contribution is -2.24. The van der Waals surface area contributed by atoms with Crippen molar-refractivity contribution in [2.75, 3.05) is 17.6 Å². The molecule has 1 unspecified atom stereocenters. The molecule has 0 heterocycles. The molecule has 0 amide bonds. The first-order valence-corrected chi connectivity index (χ1v) is 6.50. The summed E-state index contributed by atoms with van der Waals surface area (Å²) in [4.78, 5) is 10.4. The third kappa shape index (κ3) is 2.30. The van der Waals surface area contributed by atoms with Crippen molar-refractivity contribution in [2.45, 2.75) is 12.3 Å². The Morgan fingerprint density at radius 1 is 1.30 bits per heavy atom. The Balaban J connectivity index is 1.69. The maximum absolute atomic E-state index is 10.8. The van der Waals surface area contributed by atoms with Crippen molar-refractivity contribution in [3.8, 4) is 0 Å². The van der Waals surface area contributed by atoms with E-state index in [2.05, 4.69) is 17.4 Å². The summed E-state index contributed by atoms with van der Waals surface area (Å²) in [6.45, 7) is 0.762. The van der Waals surface area contributed by atoms with Gasteiger partial charge in [0.1, 0.15) is 0 Å². The molecule has 5 nitrogen and oxygen atoms in total. The second-order valence-corrected chi connectivity index (χ2v) is 5.05. The Hall–Kier alpha value is -2.56. The summed E-state index contributed by atoms with van der Waals surface area (Å²) >= 11 is 0. The lowest BCUT2D eigenvalue weighted by atomic mass is 9.77. The van der Waals surface area contributed by atoms with Crippen LogP contribution in [0.5, 0.6) is 0 Å². The maximum atomic E-state index is 10.8. The van der Waals surface area contributed by atoms with E-state index in [9.17, 15) is 10.1 Å². The third-order valence-corrected chi connectivity index (χ3v) is 3.66. The number of nitro benzene ring substituents is 1. The van der Waals surface area contributed by atoms with E-state index in [1.165, 1.54) is 23.3 Å². The molecule has 102 valence electrons. The molecule has 0 aliphatic heterocycles. The largest absolute Gasteiger partial charge is 0.398 e. The Kier molecular flexibility index (Phi) is 3.02. The van der Waals surface area contributed by atoms with E-state index < -0.39 is 4.92 Å². The van der Waals surface area contributed by atoms with Crippen molar-refractivity contribution in [3.05, 3.63) is 63.7 Å². The summed E-state index contributed by atoms with van der Waals surface area (Å²) in [5, 5.41) is 14.0. The van der Waals surface area contributed by atoms with Crippen LogP contribution >= 0.6 is 0 Å². The molecular formula is C15H15N3O2. The zero-order valence-corrected chi connectivity index (χ0v) is 10.9. The number of anilines is 2. The Labute approximate surface area is 116 Å². The fourth-order valence-electron chi connectivity index (χ4n) is 2.63. The van der Waals surface area contributed by atoms with Gasteiger partial charge < -0.3 is 11.1 Å². The molecule has 0 spiro atoms. The van der Waals surface area contributed by atoms with E-state index in [0.29, 0.717) is 17.3 Å². The van der Waals surface area contributed by atoms with Crippen LogP contribution in [0.15, 0.2) is 42.5 Å². The summed E-state index contributed by atoms with van der Waals surface area (Å²) in [6, 6.07) is 13.0. The summed E-state index contributed by atoms with van der Waals surface area (Å²) in [6.07, 6.45) is 1.05. The van der Waals surface area contributed by atoms with E-state index in [-0.39, 0.29) is 5.69 Å². The number of non-ortho nitro benzene ring substituents is 1. The number of nitrogens with zero attached hydrogens (tertiary/aromatic N) is 1. The van der Waals surface area contributed by atoms with E-state index in [1.807, 2.05) is 12.1 Å². The number of rotatable bonds is 4. The Bertz CT molecular complexity index is 670. The second kappa shape index (κ2) is 4.85. The molecule has 0 bridgehead atoms. The number of hydrogen-bond acceptors (Lipinski definition) is 4. The van der Waals surface area contributed by atoms with Gasteiger partial charge in [-0.15, -0.1) is 0 Å². The van der Waals surface area contributed by atoms with Gasteiger partial charge in [-0.3, -0.25) is 10.1 Å². The van der Waals surface area contributed by atoms with Gasteiger partial charge in [0, 0.05) is 36.0 Å². The summed E-state index contributed by atoms with van der Waals surface area (Å²) in [5.41, 5.74) is 9.54. The van der Waals surface area contributed by atoms with Crippen molar-refractivity contribution in [1.82, 2.24) is 0 Å².